The van der Waals surface area contributed by atoms with Crippen molar-refractivity contribution in [3.8, 4) is 0 Å². The third kappa shape index (κ3) is 0.207. The van der Waals surface area contributed by atoms with Crippen molar-refractivity contribution in [2.45, 2.75) is 25.3 Å². The molecular formula is C5H8N. The van der Waals surface area contributed by atoms with Crippen LogP contribution in [-0.4, -0.2) is 6.04 Å². The molecule has 2 heterocycles. The van der Waals surface area contributed by atoms with Crippen molar-refractivity contribution in [3.05, 3.63) is 6.04 Å². The smallest absolute Gasteiger partial charge is 0.0382 e. The molecule has 0 aromatic rings. The highest BCUT2D eigenvalue weighted by Crippen LogP contribution is 2.35. The van der Waals surface area contributed by atoms with E-state index >= 15 is 0 Å². The summed E-state index contributed by atoms with van der Waals surface area (Å²) in [7, 11) is 0. The molecule has 0 aromatic carbocycles. The predicted octanol–water partition coefficient (Wildman–Crippen LogP) is 0.674. The summed E-state index contributed by atoms with van der Waals surface area (Å²) in [5.74, 6) is 0. The minimum absolute atomic E-state index is 0.903. The molecule has 0 aromatic heterocycles. The zero-order valence-corrected chi connectivity index (χ0v) is 3.70. The Morgan fingerprint density at radius 3 is 2.67 bits per heavy atom. The summed E-state index contributed by atoms with van der Waals surface area (Å²) >= 11 is 0. The van der Waals surface area contributed by atoms with Crippen LogP contribution in [0.1, 0.15) is 19.3 Å². The van der Waals surface area contributed by atoms with Gasteiger partial charge in [0.15, 0.2) is 0 Å². The van der Waals surface area contributed by atoms with Gasteiger partial charge in [0, 0.05) is 12.1 Å². The number of fused-ring (bicyclic) bond motifs is 1. The van der Waals surface area contributed by atoms with E-state index in [0.717, 1.165) is 6.04 Å². The maximum atomic E-state index is 3.33. The van der Waals surface area contributed by atoms with Crippen LogP contribution in [-0.2, 0) is 0 Å². The van der Waals surface area contributed by atoms with Gasteiger partial charge in [-0.1, -0.05) is 0 Å². The van der Waals surface area contributed by atoms with E-state index in [9.17, 15) is 0 Å². The van der Waals surface area contributed by atoms with Crippen molar-refractivity contribution in [3.63, 3.8) is 0 Å². The van der Waals surface area contributed by atoms with Crippen LogP contribution in [0.5, 0.6) is 0 Å². The molecular weight excluding hydrogens is 74.1 g/mol. The first-order chi connectivity index (χ1) is 2.95. The predicted molar refractivity (Wildman–Crippen MR) is 24.0 cm³/mol. The van der Waals surface area contributed by atoms with Crippen LogP contribution in [0, 0.1) is 6.04 Å². The Kier molecular flexibility index (Phi) is 0.396. The minimum Gasteiger partial charge on any atom is -0.307 e. The maximum Gasteiger partial charge on any atom is 0.0382 e. The van der Waals surface area contributed by atoms with Gasteiger partial charge in [-0.25, -0.2) is 0 Å². The van der Waals surface area contributed by atoms with Crippen LogP contribution >= 0.6 is 0 Å². The summed E-state index contributed by atoms with van der Waals surface area (Å²) in [5.41, 5.74) is 0. The fraction of sp³-hybridized carbons (Fsp3) is 0.800. The van der Waals surface area contributed by atoms with Crippen molar-refractivity contribution >= 4 is 0 Å². The quantitative estimate of drug-likeness (QED) is 0.453. The van der Waals surface area contributed by atoms with Crippen LogP contribution in [0.15, 0.2) is 0 Å². The van der Waals surface area contributed by atoms with Gasteiger partial charge in [0.25, 0.3) is 0 Å². The Bertz CT molecular complexity index is 50.8. The van der Waals surface area contributed by atoms with Crippen LogP contribution < -0.4 is 5.32 Å². The Balaban J connectivity index is 2.16. The molecule has 1 unspecified atom stereocenters. The average Bonchev–Trinajstić information content (AvgIpc) is 1.72. The number of nitrogens with one attached hydrogen (secondary N) is 1. The molecule has 1 N–H and O–H groups in total. The molecule has 1 heteroatoms. The third-order valence-electron chi connectivity index (χ3n) is 1.70. The van der Waals surface area contributed by atoms with Gasteiger partial charge in [0.1, 0.15) is 0 Å². The summed E-state index contributed by atoms with van der Waals surface area (Å²) in [6.07, 6.45) is 4.17. The first-order valence-electron chi connectivity index (χ1n) is 2.56. The minimum atomic E-state index is 0.903. The molecule has 1 radical (unpaired) electrons. The number of hydrogen-bond acceptors (Lipinski definition) is 1. The van der Waals surface area contributed by atoms with Gasteiger partial charge in [-0.3, -0.25) is 0 Å². The molecule has 1 atom stereocenters. The molecule has 1 nitrogen and oxygen atoms in total. The molecule has 0 spiro atoms. The highest BCUT2D eigenvalue weighted by molar-refractivity contribution is 5.10. The number of rotatable bonds is 0. The van der Waals surface area contributed by atoms with Gasteiger partial charge < -0.3 is 5.32 Å². The Morgan fingerprint density at radius 1 is 1.67 bits per heavy atom. The first-order valence-corrected chi connectivity index (χ1v) is 2.56. The number of hydrogen-bond donors (Lipinski definition) is 1. The maximum absolute atomic E-state index is 3.33. The fourth-order valence-electron chi connectivity index (χ4n) is 1.26. The van der Waals surface area contributed by atoms with Gasteiger partial charge in [0.05, 0.1) is 0 Å². The zero-order valence-electron chi connectivity index (χ0n) is 3.70. The Hall–Kier alpha value is -0.0400. The van der Waals surface area contributed by atoms with Gasteiger partial charge in [-0.15, -0.1) is 0 Å². The summed E-state index contributed by atoms with van der Waals surface area (Å²) in [5, 5.41) is 3.33. The van der Waals surface area contributed by atoms with Crippen molar-refractivity contribution in [1.82, 2.24) is 5.32 Å². The second kappa shape index (κ2) is 0.784. The van der Waals surface area contributed by atoms with Crippen molar-refractivity contribution < 1.29 is 0 Å². The van der Waals surface area contributed by atoms with E-state index in [0.29, 0.717) is 0 Å². The molecule has 0 amide bonds. The van der Waals surface area contributed by atoms with Crippen LogP contribution in [0.2, 0.25) is 0 Å². The van der Waals surface area contributed by atoms with E-state index in [2.05, 4.69) is 5.32 Å². The molecule has 33 valence electrons. The van der Waals surface area contributed by atoms with Crippen molar-refractivity contribution in [2.24, 2.45) is 0 Å². The van der Waals surface area contributed by atoms with Crippen LogP contribution in [0.25, 0.3) is 0 Å². The standard InChI is InChI=1S/C5H8N/c1-2-5-3-4(1)6-5/h4,6H,1-3H2. The third-order valence-corrected chi connectivity index (χ3v) is 1.70. The zero-order chi connectivity index (χ0) is 3.98. The van der Waals surface area contributed by atoms with E-state index in [1.807, 2.05) is 0 Å². The highest BCUT2D eigenvalue weighted by Gasteiger charge is 2.35. The summed E-state index contributed by atoms with van der Waals surface area (Å²) < 4.78 is 0. The van der Waals surface area contributed by atoms with Crippen molar-refractivity contribution in [1.29, 1.82) is 0 Å². The molecule has 1 aliphatic carbocycles. The molecule has 2 saturated heterocycles. The molecule has 2 aliphatic heterocycles. The van der Waals surface area contributed by atoms with E-state index in [-0.39, 0.29) is 0 Å². The van der Waals surface area contributed by atoms with Gasteiger partial charge in [-0.2, -0.15) is 0 Å². The molecule has 6 heavy (non-hydrogen) atoms. The molecule has 3 fully saturated rings. The van der Waals surface area contributed by atoms with E-state index in [1.54, 1.807) is 6.04 Å². The van der Waals surface area contributed by atoms with E-state index in [4.69, 9.17) is 0 Å². The lowest BCUT2D eigenvalue weighted by atomic mass is 10.1. The molecule has 3 aliphatic rings. The van der Waals surface area contributed by atoms with Gasteiger partial charge >= 0.3 is 0 Å². The van der Waals surface area contributed by atoms with E-state index in [1.165, 1.54) is 19.3 Å². The Morgan fingerprint density at radius 2 is 2.50 bits per heavy atom. The lowest BCUT2D eigenvalue weighted by molar-refractivity contribution is 0.466. The Labute approximate surface area is 37.7 Å². The molecule has 3 rings (SSSR count). The second-order valence-electron chi connectivity index (χ2n) is 2.19. The van der Waals surface area contributed by atoms with E-state index < -0.39 is 0 Å². The average molecular weight is 82.1 g/mol. The topological polar surface area (TPSA) is 12.0 Å². The fourth-order valence-corrected chi connectivity index (χ4v) is 1.26. The second-order valence-corrected chi connectivity index (χ2v) is 2.19. The first kappa shape index (κ1) is 3.03. The van der Waals surface area contributed by atoms with Crippen LogP contribution in [0.3, 0.4) is 0 Å². The van der Waals surface area contributed by atoms with Crippen molar-refractivity contribution in [2.75, 3.05) is 0 Å². The summed E-state index contributed by atoms with van der Waals surface area (Å²) in [4.78, 5) is 0. The SMILES string of the molecule is C1CC2C[C]1N2. The van der Waals surface area contributed by atoms with Gasteiger partial charge in [-0.05, 0) is 19.3 Å². The highest BCUT2D eigenvalue weighted by atomic mass is 15.1. The lowest BCUT2D eigenvalue weighted by Crippen LogP contribution is -2.36. The molecule has 2 bridgehead atoms. The van der Waals surface area contributed by atoms with Crippen LogP contribution in [0.4, 0.5) is 0 Å². The lowest BCUT2D eigenvalue weighted by Gasteiger charge is -2.23. The molecule has 1 saturated carbocycles. The normalized spacial score (nSPS) is 43.0. The summed E-state index contributed by atoms with van der Waals surface area (Å²) in [6, 6.07) is 2.50. The largest absolute Gasteiger partial charge is 0.307 e. The monoisotopic (exact) mass is 82.1 g/mol. The van der Waals surface area contributed by atoms with Gasteiger partial charge in [0.2, 0.25) is 0 Å². The summed E-state index contributed by atoms with van der Waals surface area (Å²) in [6.45, 7) is 0.